The molecule has 2 heterocycles. The Bertz CT molecular complexity index is 888. The van der Waals surface area contributed by atoms with Gasteiger partial charge in [-0.05, 0) is 29.6 Å². The number of sulfonamides is 1. The van der Waals surface area contributed by atoms with E-state index >= 15 is 0 Å². The Hall–Kier alpha value is -2.39. The van der Waals surface area contributed by atoms with Crippen molar-refractivity contribution >= 4 is 44.5 Å². The molecule has 2 amide bonds. The van der Waals surface area contributed by atoms with E-state index in [-0.39, 0.29) is 17.7 Å². The lowest BCUT2D eigenvalue weighted by molar-refractivity contribution is -0.123. The predicted octanol–water partition coefficient (Wildman–Crippen LogP) is 1.83. The number of rotatable bonds is 5. The zero-order valence-electron chi connectivity index (χ0n) is 13.4. The fourth-order valence-electron chi connectivity index (χ4n) is 2.49. The summed E-state index contributed by atoms with van der Waals surface area (Å²) in [5, 5.41) is 4.60. The van der Waals surface area contributed by atoms with E-state index in [0.717, 1.165) is 6.26 Å². The molecule has 3 rings (SSSR count). The first-order chi connectivity index (χ1) is 11.8. The molecule has 0 unspecified atom stereocenters. The smallest absolute Gasteiger partial charge is 0.263 e. The first kappa shape index (κ1) is 17.4. The van der Waals surface area contributed by atoms with Crippen LogP contribution in [0.2, 0.25) is 0 Å². The number of likely N-dealkylation sites (tertiary alicyclic amines) is 1. The van der Waals surface area contributed by atoms with Gasteiger partial charge in [0, 0.05) is 18.8 Å². The molecule has 0 saturated carbocycles. The first-order valence-corrected chi connectivity index (χ1v) is 10.3. The van der Waals surface area contributed by atoms with E-state index in [1.807, 2.05) is 11.4 Å². The van der Waals surface area contributed by atoms with Gasteiger partial charge in [0.05, 0.1) is 22.7 Å². The molecule has 132 valence electrons. The number of carbonyl (C=O) groups excluding carboxylic acids is 2. The van der Waals surface area contributed by atoms with E-state index in [2.05, 4.69) is 10.0 Å². The molecule has 0 atom stereocenters. The summed E-state index contributed by atoms with van der Waals surface area (Å²) < 4.78 is 24.9. The molecular weight excluding hydrogens is 362 g/mol. The minimum absolute atomic E-state index is 0.0570. The molecule has 7 nitrogen and oxygen atoms in total. The molecule has 0 radical (unpaired) electrons. The fourth-order valence-corrected chi connectivity index (χ4v) is 3.73. The highest BCUT2D eigenvalue weighted by molar-refractivity contribution is 7.92. The largest absolute Gasteiger partial charge is 0.336 e. The number of nitrogens with zero attached hydrogens (tertiary/aromatic N) is 1. The highest BCUT2D eigenvalue weighted by Gasteiger charge is 2.36. The van der Waals surface area contributed by atoms with Crippen molar-refractivity contribution in [2.45, 2.75) is 0 Å². The molecule has 2 N–H and O–H groups in total. The summed E-state index contributed by atoms with van der Waals surface area (Å²) in [5.74, 6) is -0.513. The molecule has 1 saturated heterocycles. The van der Waals surface area contributed by atoms with Gasteiger partial charge in [0.1, 0.15) is 0 Å². The summed E-state index contributed by atoms with van der Waals surface area (Å²) in [4.78, 5) is 26.7. The van der Waals surface area contributed by atoms with E-state index in [4.69, 9.17) is 0 Å². The molecule has 0 aliphatic carbocycles. The predicted molar refractivity (Wildman–Crippen MR) is 97.3 cm³/mol. The van der Waals surface area contributed by atoms with Gasteiger partial charge in [0.15, 0.2) is 0 Å². The fraction of sp³-hybridized carbons (Fsp3) is 0.250. The van der Waals surface area contributed by atoms with Gasteiger partial charge in [-0.1, -0.05) is 12.1 Å². The molecule has 2 aromatic rings. The van der Waals surface area contributed by atoms with Crippen LogP contribution >= 0.6 is 11.3 Å². The lowest BCUT2D eigenvalue weighted by Crippen LogP contribution is -2.54. The maximum Gasteiger partial charge on any atom is 0.263 e. The van der Waals surface area contributed by atoms with Crippen LogP contribution in [0.4, 0.5) is 11.4 Å². The van der Waals surface area contributed by atoms with Gasteiger partial charge in [-0.2, -0.15) is 0 Å². The second-order valence-corrected chi connectivity index (χ2v) is 8.52. The normalized spacial score (nSPS) is 14.7. The Morgan fingerprint density at radius 2 is 1.88 bits per heavy atom. The Morgan fingerprint density at radius 1 is 1.16 bits per heavy atom. The van der Waals surface area contributed by atoms with Crippen LogP contribution in [0.15, 0.2) is 41.8 Å². The molecule has 9 heteroatoms. The van der Waals surface area contributed by atoms with Gasteiger partial charge in [-0.15, -0.1) is 11.3 Å². The number of hydrogen-bond acceptors (Lipinski definition) is 5. The van der Waals surface area contributed by atoms with Gasteiger partial charge < -0.3 is 10.2 Å². The molecule has 25 heavy (non-hydrogen) atoms. The van der Waals surface area contributed by atoms with E-state index in [0.29, 0.717) is 29.3 Å². The standard InChI is InChI=1S/C16H17N3O4S2/c1-25(22,23)18-13-5-2-4-12(8-13)17-15(20)11-9-19(10-11)16(21)14-6-3-7-24-14/h2-8,11,18H,9-10H2,1H3,(H,17,20). The van der Waals surface area contributed by atoms with Crippen molar-refractivity contribution in [3.8, 4) is 0 Å². The monoisotopic (exact) mass is 379 g/mol. The van der Waals surface area contributed by atoms with E-state index in [9.17, 15) is 18.0 Å². The van der Waals surface area contributed by atoms with Gasteiger partial charge in [-0.25, -0.2) is 8.42 Å². The molecular formula is C16H17N3O4S2. The third-order valence-corrected chi connectivity index (χ3v) is 5.17. The SMILES string of the molecule is CS(=O)(=O)Nc1cccc(NC(=O)C2CN(C(=O)c3cccs3)C2)c1. The number of carbonyl (C=O) groups is 2. The van der Waals surface area contributed by atoms with Crippen LogP contribution in [0.5, 0.6) is 0 Å². The minimum atomic E-state index is -3.38. The Balaban J connectivity index is 1.55. The van der Waals surface area contributed by atoms with Gasteiger partial charge in [-0.3, -0.25) is 14.3 Å². The van der Waals surface area contributed by atoms with Gasteiger partial charge >= 0.3 is 0 Å². The lowest BCUT2D eigenvalue weighted by atomic mass is 9.98. The third-order valence-electron chi connectivity index (χ3n) is 3.70. The minimum Gasteiger partial charge on any atom is -0.336 e. The topological polar surface area (TPSA) is 95.6 Å². The first-order valence-electron chi connectivity index (χ1n) is 7.53. The van der Waals surface area contributed by atoms with Gasteiger partial charge in [0.25, 0.3) is 5.91 Å². The highest BCUT2D eigenvalue weighted by atomic mass is 32.2. The highest BCUT2D eigenvalue weighted by Crippen LogP contribution is 2.23. The number of benzene rings is 1. The van der Waals surface area contributed by atoms with Gasteiger partial charge in [0.2, 0.25) is 15.9 Å². The Labute approximate surface area is 149 Å². The number of anilines is 2. The van der Waals surface area contributed by atoms with Crippen molar-refractivity contribution < 1.29 is 18.0 Å². The molecule has 0 bridgehead atoms. The quantitative estimate of drug-likeness (QED) is 0.828. The van der Waals surface area contributed by atoms with Crippen molar-refractivity contribution in [2.24, 2.45) is 5.92 Å². The van der Waals surface area contributed by atoms with Crippen LogP contribution < -0.4 is 10.0 Å². The van der Waals surface area contributed by atoms with Crippen LogP contribution in [0.25, 0.3) is 0 Å². The van der Waals surface area contributed by atoms with Crippen LogP contribution in [-0.2, 0) is 14.8 Å². The summed E-state index contributed by atoms with van der Waals surface area (Å²) in [5.41, 5.74) is 0.880. The summed E-state index contributed by atoms with van der Waals surface area (Å²) in [7, 11) is -3.38. The molecule has 1 aliphatic rings. The summed E-state index contributed by atoms with van der Waals surface area (Å²) in [6.45, 7) is 0.758. The third kappa shape index (κ3) is 4.37. The van der Waals surface area contributed by atoms with Crippen molar-refractivity contribution in [3.05, 3.63) is 46.7 Å². The second kappa shape index (κ2) is 6.85. The average molecular weight is 379 g/mol. The number of thiophene rings is 1. The van der Waals surface area contributed by atoms with Crippen LogP contribution in [-0.4, -0.2) is 44.5 Å². The molecule has 1 aromatic carbocycles. The van der Waals surface area contributed by atoms with E-state index in [1.165, 1.54) is 11.3 Å². The molecule has 1 fully saturated rings. The summed E-state index contributed by atoms with van der Waals surface area (Å²) in [6, 6.07) is 10.1. The number of amides is 2. The second-order valence-electron chi connectivity index (χ2n) is 5.83. The zero-order valence-corrected chi connectivity index (χ0v) is 15.1. The van der Waals surface area contributed by atoms with Crippen molar-refractivity contribution in [3.63, 3.8) is 0 Å². The van der Waals surface area contributed by atoms with Crippen LogP contribution in [0, 0.1) is 5.92 Å². The Kier molecular flexibility index (Phi) is 4.78. The number of nitrogens with one attached hydrogen (secondary N) is 2. The van der Waals surface area contributed by atoms with Crippen molar-refractivity contribution in [1.29, 1.82) is 0 Å². The molecule has 1 aromatic heterocycles. The molecule has 1 aliphatic heterocycles. The average Bonchev–Trinajstić information content (AvgIpc) is 2.98. The van der Waals surface area contributed by atoms with E-state index < -0.39 is 10.0 Å². The zero-order chi connectivity index (χ0) is 18.0. The lowest BCUT2D eigenvalue weighted by Gasteiger charge is -2.37. The maximum atomic E-state index is 12.3. The molecule has 0 spiro atoms. The van der Waals surface area contributed by atoms with Crippen molar-refractivity contribution in [2.75, 3.05) is 29.4 Å². The Morgan fingerprint density at radius 3 is 2.52 bits per heavy atom. The van der Waals surface area contributed by atoms with E-state index in [1.54, 1.807) is 35.2 Å². The van der Waals surface area contributed by atoms with Crippen molar-refractivity contribution in [1.82, 2.24) is 4.90 Å². The number of hydrogen-bond donors (Lipinski definition) is 2. The van der Waals surface area contributed by atoms with Crippen LogP contribution in [0.3, 0.4) is 0 Å². The van der Waals surface area contributed by atoms with Crippen LogP contribution in [0.1, 0.15) is 9.67 Å². The summed E-state index contributed by atoms with van der Waals surface area (Å²) in [6.07, 6.45) is 1.06. The summed E-state index contributed by atoms with van der Waals surface area (Å²) >= 11 is 1.38. The maximum absolute atomic E-state index is 12.3.